The number of rotatable bonds is 3. The fourth-order valence-electron chi connectivity index (χ4n) is 2.66. The predicted octanol–water partition coefficient (Wildman–Crippen LogP) is 2.94. The number of thiazole rings is 1. The number of benzene rings is 1. The Labute approximate surface area is 136 Å². The number of nitrogens with zero attached hydrogens (tertiary/aromatic N) is 2. The van der Waals surface area contributed by atoms with Crippen molar-refractivity contribution in [3.05, 3.63) is 27.7 Å². The second-order valence-corrected chi connectivity index (χ2v) is 7.49. The van der Waals surface area contributed by atoms with Crippen LogP contribution in [0.1, 0.15) is 24.3 Å². The topological polar surface area (TPSA) is 59.2 Å². The van der Waals surface area contributed by atoms with Gasteiger partial charge in [-0.15, -0.1) is 11.3 Å². The van der Waals surface area contributed by atoms with Gasteiger partial charge < -0.3 is 10.6 Å². The third-order valence-corrected chi connectivity index (χ3v) is 5.35. The van der Waals surface area contributed by atoms with Gasteiger partial charge in [0, 0.05) is 36.4 Å². The van der Waals surface area contributed by atoms with Crippen molar-refractivity contribution in [1.82, 2.24) is 9.88 Å². The lowest BCUT2D eigenvalue weighted by Crippen LogP contribution is -2.45. The van der Waals surface area contributed by atoms with E-state index in [9.17, 15) is 4.79 Å². The highest BCUT2D eigenvalue weighted by Crippen LogP contribution is 2.26. The zero-order valence-electron chi connectivity index (χ0n) is 11.7. The van der Waals surface area contributed by atoms with Crippen LogP contribution in [0.5, 0.6) is 0 Å². The van der Waals surface area contributed by atoms with Gasteiger partial charge in [-0.05, 0) is 31.0 Å². The molecule has 1 aliphatic heterocycles. The van der Waals surface area contributed by atoms with Crippen LogP contribution in [0, 0.1) is 0 Å². The fraction of sp³-hybridized carbons (Fsp3) is 0.467. The molecule has 1 unspecified atom stereocenters. The summed E-state index contributed by atoms with van der Waals surface area (Å²) < 4.78 is 2.20. The normalized spacial score (nSPS) is 19.1. The second-order valence-electron chi connectivity index (χ2n) is 5.46. The number of carbonyl (C=O) groups excluding carboxylic acids is 1. The molecule has 0 bridgehead atoms. The number of piperidine rings is 1. The van der Waals surface area contributed by atoms with Crippen LogP contribution in [0.3, 0.4) is 0 Å². The molecule has 0 spiro atoms. The standard InChI is InChI=1S/C15H18BrN3OS/c16-10-3-4-13-12(8-10)18-14(21-13)5-6-15(20)19-7-1-2-11(17)9-19/h3-4,8,11H,1-2,5-7,9,17H2. The van der Waals surface area contributed by atoms with E-state index in [1.807, 2.05) is 17.0 Å². The number of carbonyl (C=O) groups is 1. The number of halogens is 1. The van der Waals surface area contributed by atoms with Crippen LogP contribution in [-0.4, -0.2) is 34.9 Å². The number of aromatic nitrogens is 1. The van der Waals surface area contributed by atoms with E-state index in [1.54, 1.807) is 11.3 Å². The number of nitrogens with two attached hydrogens (primary N) is 1. The van der Waals surface area contributed by atoms with E-state index in [2.05, 4.69) is 27.0 Å². The number of hydrogen-bond acceptors (Lipinski definition) is 4. The van der Waals surface area contributed by atoms with Crippen molar-refractivity contribution in [3.63, 3.8) is 0 Å². The molecular formula is C15H18BrN3OS. The van der Waals surface area contributed by atoms with Gasteiger partial charge in [0.05, 0.1) is 15.2 Å². The van der Waals surface area contributed by atoms with E-state index in [1.165, 1.54) is 4.70 Å². The first kappa shape index (κ1) is 14.9. The Morgan fingerprint density at radius 2 is 2.38 bits per heavy atom. The summed E-state index contributed by atoms with van der Waals surface area (Å²) in [5.41, 5.74) is 6.92. The van der Waals surface area contributed by atoms with E-state index in [-0.39, 0.29) is 11.9 Å². The summed E-state index contributed by atoms with van der Waals surface area (Å²) in [5, 5.41) is 1.03. The van der Waals surface area contributed by atoms with Gasteiger partial charge in [-0.1, -0.05) is 15.9 Å². The molecule has 1 saturated heterocycles. The third kappa shape index (κ3) is 3.62. The second kappa shape index (κ2) is 6.42. The Morgan fingerprint density at radius 1 is 1.52 bits per heavy atom. The zero-order valence-corrected chi connectivity index (χ0v) is 14.1. The van der Waals surface area contributed by atoms with Gasteiger partial charge >= 0.3 is 0 Å². The monoisotopic (exact) mass is 367 g/mol. The van der Waals surface area contributed by atoms with Crippen LogP contribution in [0.4, 0.5) is 0 Å². The largest absolute Gasteiger partial charge is 0.341 e. The minimum atomic E-state index is 0.141. The lowest BCUT2D eigenvalue weighted by atomic mass is 10.1. The number of likely N-dealkylation sites (tertiary alicyclic amines) is 1. The minimum Gasteiger partial charge on any atom is -0.341 e. The van der Waals surface area contributed by atoms with Gasteiger partial charge in [0.15, 0.2) is 0 Å². The molecule has 3 rings (SSSR count). The maximum Gasteiger partial charge on any atom is 0.223 e. The molecule has 2 N–H and O–H groups in total. The lowest BCUT2D eigenvalue weighted by molar-refractivity contribution is -0.132. The quantitative estimate of drug-likeness (QED) is 0.906. The number of fused-ring (bicyclic) bond motifs is 1. The maximum atomic E-state index is 12.2. The molecule has 1 aliphatic rings. The summed E-state index contributed by atoms with van der Waals surface area (Å²) in [6.07, 6.45) is 3.27. The predicted molar refractivity (Wildman–Crippen MR) is 89.4 cm³/mol. The molecule has 21 heavy (non-hydrogen) atoms. The molecule has 1 atom stereocenters. The lowest BCUT2D eigenvalue weighted by Gasteiger charge is -2.30. The van der Waals surface area contributed by atoms with Gasteiger partial charge in [0.1, 0.15) is 0 Å². The summed E-state index contributed by atoms with van der Waals surface area (Å²) in [5.74, 6) is 0.200. The van der Waals surface area contributed by atoms with Crippen molar-refractivity contribution in [2.45, 2.75) is 31.7 Å². The maximum absolute atomic E-state index is 12.2. The molecular weight excluding hydrogens is 350 g/mol. The number of amides is 1. The van der Waals surface area contributed by atoms with Crippen molar-refractivity contribution < 1.29 is 4.79 Å². The highest BCUT2D eigenvalue weighted by atomic mass is 79.9. The summed E-state index contributed by atoms with van der Waals surface area (Å²) in [6.45, 7) is 1.55. The molecule has 0 radical (unpaired) electrons. The third-order valence-electron chi connectivity index (χ3n) is 3.76. The fourth-order valence-corrected chi connectivity index (χ4v) is 3.96. The summed E-state index contributed by atoms with van der Waals surface area (Å²) in [6, 6.07) is 6.24. The van der Waals surface area contributed by atoms with Gasteiger partial charge in [-0.25, -0.2) is 4.98 Å². The van der Waals surface area contributed by atoms with Crippen LogP contribution >= 0.6 is 27.3 Å². The van der Waals surface area contributed by atoms with Crippen molar-refractivity contribution in [1.29, 1.82) is 0 Å². The molecule has 1 aromatic carbocycles. The molecule has 0 aliphatic carbocycles. The van der Waals surface area contributed by atoms with Crippen LogP contribution in [-0.2, 0) is 11.2 Å². The van der Waals surface area contributed by atoms with Gasteiger partial charge in [-0.2, -0.15) is 0 Å². The van der Waals surface area contributed by atoms with Crippen LogP contribution in [0.15, 0.2) is 22.7 Å². The average Bonchev–Trinajstić information content (AvgIpc) is 2.86. The summed E-state index contributed by atoms with van der Waals surface area (Å²) in [4.78, 5) is 18.7. The minimum absolute atomic E-state index is 0.141. The van der Waals surface area contributed by atoms with E-state index in [4.69, 9.17) is 5.73 Å². The van der Waals surface area contributed by atoms with E-state index < -0.39 is 0 Å². The van der Waals surface area contributed by atoms with Crippen molar-refractivity contribution >= 4 is 43.4 Å². The van der Waals surface area contributed by atoms with Crippen molar-refractivity contribution in [2.75, 3.05) is 13.1 Å². The molecule has 4 nitrogen and oxygen atoms in total. The van der Waals surface area contributed by atoms with Crippen LogP contribution in [0.25, 0.3) is 10.2 Å². The molecule has 0 saturated carbocycles. The Bertz CT molecular complexity index is 657. The Hall–Kier alpha value is -0.980. The Morgan fingerprint density at radius 3 is 3.19 bits per heavy atom. The number of hydrogen-bond donors (Lipinski definition) is 1. The van der Waals surface area contributed by atoms with Crippen LogP contribution < -0.4 is 5.73 Å². The molecule has 112 valence electrons. The molecule has 2 aromatic rings. The number of aryl methyl sites for hydroxylation is 1. The highest BCUT2D eigenvalue weighted by Gasteiger charge is 2.21. The van der Waals surface area contributed by atoms with E-state index >= 15 is 0 Å². The van der Waals surface area contributed by atoms with E-state index in [0.717, 1.165) is 34.4 Å². The highest BCUT2D eigenvalue weighted by molar-refractivity contribution is 9.10. The molecule has 2 heterocycles. The molecule has 1 fully saturated rings. The van der Waals surface area contributed by atoms with Gasteiger partial charge in [0.2, 0.25) is 5.91 Å². The van der Waals surface area contributed by atoms with Gasteiger partial charge in [0.25, 0.3) is 0 Å². The summed E-state index contributed by atoms with van der Waals surface area (Å²) in [7, 11) is 0. The smallest absolute Gasteiger partial charge is 0.223 e. The molecule has 6 heteroatoms. The first-order chi connectivity index (χ1) is 10.1. The van der Waals surface area contributed by atoms with Gasteiger partial charge in [-0.3, -0.25) is 4.79 Å². The zero-order chi connectivity index (χ0) is 14.8. The average molecular weight is 368 g/mol. The molecule has 1 amide bonds. The van der Waals surface area contributed by atoms with E-state index in [0.29, 0.717) is 19.4 Å². The van der Waals surface area contributed by atoms with Crippen molar-refractivity contribution in [3.8, 4) is 0 Å². The summed E-state index contributed by atoms with van der Waals surface area (Å²) >= 11 is 5.12. The first-order valence-electron chi connectivity index (χ1n) is 7.20. The Kier molecular flexibility index (Phi) is 4.57. The SMILES string of the molecule is NC1CCCN(C(=O)CCc2nc3cc(Br)ccc3s2)C1. The van der Waals surface area contributed by atoms with Crippen molar-refractivity contribution in [2.24, 2.45) is 5.73 Å². The first-order valence-corrected chi connectivity index (χ1v) is 8.81. The Balaban J connectivity index is 1.61. The van der Waals surface area contributed by atoms with Crippen LogP contribution in [0.2, 0.25) is 0 Å². The molecule has 1 aromatic heterocycles.